The summed E-state index contributed by atoms with van der Waals surface area (Å²) in [5.74, 6) is 0. The van der Waals surface area contributed by atoms with E-state index < -0.39 is 0 Å². The van der Waals surface area contributed by atoms with E-state index in [4.69, 9.17) is 0 Å². The second-order valence-electron chi connectivity index (χ2n) is 6.55. The van der Waals surface area contributed by atoms with Gasteiger partial charge in [0.2, 0.25) is 0 Å². The Labute approximate surface area is 114 Å². The first-order valence-corrected chi connectivity index (χ1v) is 8.24. The largest absolute Gasteiger partial charge is 0.313 e. The number of hydrogen-bond donors (Lipinski definition) is 1. The maximum atomic E-state index is 3.77. The molecule has 2 heteroatoms. The van der Waals surface area contributed by atoms with Gasteiger partial charge in [0.15, 0.2) is 0 Å². The molecule has 0 bridgehead atoms. The van der Waals surface area contributed by atoms with Gasteiger partial charge in [-0.1, -0.05) is 33.1 Å². The van der Waals surface area contributed by atoms with Gasteiger partial charge >= 0.3 is 0 Å². The minimum absolute atomic E-state index is 0.640. The van der Waals surface area contributed by atoms with Gasteiger partial charge in [0.1, 0.15) is 0 Å². The zero-order valence-corrected chi connectivity index (χ0v) is 12.5. The number of rotatable bonds is 4. The van der Waals surface area contributed by atoms with Crippen LogP contribution in [0.1, 0.15) is 65.2 Å². The van der Waals surface area contributed by atoms with E-state index in [0.29, 0.717) is 5.41 Å². The standard InChI is InChI=1S/C16H32N2/c1-3-16(4-2)10-12-18(14-16)13-15-9-7-5-6-8-11-17-15/h15,17H,3-14H2,1-2H3. The summed E-state index contributed by atoms with van der Waals surface area (Å²) in [6, 6.07) is 0.759. The summed E-state index contributed by atoms with van der Waals surface area (Å²) >= 11 is 0. The monoisotopic (exact) mass is 252 g/mol. The minimum atomic E-state index is 0.640. The third-order valence-corrected chi connectivity index (χ3v) is 5.41. The molecule has 2 saturated heterocycles. The summed E-state index contributed by atoms with van der Waals surface area (Å²) in [7, 11) is 0. The van der Waals surface area contributed by atoms with Crippen molar-refractivity contribution in [2.24, 2.45) is 5.41 Å². The molecule has 0 spiro atoms. The van der Waals surface area contributed by atoms with Crippen molar-refractivity contribution in [1.29, 1.82) is 0 Å². The van der Waals surface area contributed by atoms with Crippen LogP contribution in [-0.2, 0) is 0 Å². The Balaban J connectivity index is 1.79. The van der Waals surface area contributed by atoms with Crippen LogP contribution >= 0.6 is 0 Å². The number of nitrogens with one attached hydrogen (secondary N) is 1. The summed E-state index contributed by atoms with van der Waals surface area (Å²) in [5, 5.41) is 3.77. The maximum Gasteiger partial charge on any atom is 0.0195 e. The molecule has 2 aliphatic heterocycles. The summed E-state index contributed by atoms with van der Waals surface area (Å²) in [4.78, 5) is 2.73. The molecule has 2 heterocycles. The predicted molar refractivity (Wildman–Crippen MR) is 78.9 cm³/mol. The highest BCUT2D eigenvalue weighted by atomic mass is 15.2. The third-order valence-electron chi connectivity index (χ3n) is 5.41. The Bertz CT molecular complexity index is 227. The van der Waals surface area contributed by atoms with E-state index >= 15 is 0 Å². The van der Waals surface area contributed by atoms with Crippen LogP contribution in [-0.4, -0.2) is 37.1 Å². The van der Waals surface area contributed by atoms with Crippen LogP contribution in [0.25, 0.3) is 0 Å². The Hall–Kier alpha value is -0.0800. The van der Waals surface area contributed by atoms with Crippen molar-refractivity contribution in [1.82, 2.24) is 10.2 Å². The normalized spacial score (nSPS) is 30.0. The van der Waals surface area contributed by atoms with Crippen LogP contribution in [0, 0.1) is 5.41 Å². The second-order valence-corrected chi connectivity index (χ2v) is 6.55. The molecule has 1 N–H and O–H groups in total. The molecule has 1 atom stereocenters. The topological polar surface area (TPSA) is 15.3 Å². The van der Waals surface area contributed by atoms with Gasteiger partial charge in [-0.05, 0) is 50.6 Å². The van der Waals surface area contributed by atoms with Crippen molar-refractivity contribution < 1.29 is 0 Å². The maximum absolute atomic E-state index is 3.77. The van der Waals surface area contributed by atoms with E-state index in [2.05, 4.69) is 24.1 Å². The van der Waals surface area contributed by atoms with Gasteiger partial charge < -0.3 is 10.2 Å². The first-order chi connectivity index (χ1) is 8.78. The lowest BCUT2D eigenvalue weighted by molar-refractivity contribution is 0.218. The van der Waals surface area contributed by atoms with E-state index in [9.17, 15) is 0 Å². The Kier molecular flexibility index (Phi) is 5.50. The fourth-order valence-electron chi connectivity index (χ4n) is 3.76. The molecular weight excluding hydrogens is 220 g/mol. The quantitative estimate of drug-likeness (QED) is 0.825. The van der Waals surface area contributed by atoms with Crippen molar-refractivity contribution in [2.45, 2.75) is 71.3 Å². The molecule has 0 aliphatic carbocycles. The lowest BCUT2D eigenvalue weighted by atomic mass is 9.82. The van der Waals surface area contributed by atoms with Crippen LogP contribution in [0.15, 0.2) is 0 Å². The summed E-state index contributed by atoms with van der Waals surface area (Å²) in [6.07, 6.45) is 11.2. The Morgan fingerprint density at radius 3 is 2.61 bits per heavy atom. The molecule has 0 aromatic heterocycles. The molecule has 1 unspecified atom stereocenters. The average Bonchev–Trinajstić information content (AvgIpc) is 2.77. The predicted octanol–water partition coefficient (Wildman–Crippen LogP) is 3.42. The van der Waals surface area contributed by atoms with Gasteiger partial charge in [-0.3, -0.25) is 0 Å². The van der Waals surface area contributed by atoms with E-state index in [1.807, 2.05) is 0 Å². The van der Waals surface area contributed by atoms with Crippen molar-refractivity contribution in [3.05, 3.63) is 0 Å². The lowest BCUT2D eigenvalue weighted by Gasteiger charge is -2.29. The minimum Gasteiger partial charge on any atom is -0.313 e. The summed E-state index contributed by atoms with van der Waals surface area (Å²) in [6.45, 7) is 9.97. The van der Waals surface area contributed by atoms with Gasteiger partial charge in [-0.25, -0.2) is 0 Å². The van der Waals surface area contributed by atoms with E-state index in [-0.39, 0.29) is 0 Å². The molecule has 106 valence electrons. The fraction of sp³-hybridized carbons (Fsp3) is 1.00. The van der Waals surface area contributed by atoms with Gasteiger partial charge in [0.25, 0.3) is 0 Å². The number of nitrogens with zero attached hydrogens (tertiary/aromatic N) is 1. The summed E-state index contributed by atoms with van der Waals surface area (Å²) in [5.41, 5.74) is 0.640. The molecule has 0 aromatic rings. The molecule has 18 heavy (non-hydrogen) atoms. The van der Waals surface area contributed by atoms with Crippen molar-refractivity contribution in [2.75, 3.05) is 26.2 Å². The first kappa shape index (κ1) is 14.3. The van der Waals surface area contributed by atoms with Gasteiger partial charge in [-0.15, -0.1) is 0 Å². The van der Waals surface area contributed by atoms with Crippen LogP contribution in [0.2, 0.25) is 0 Å². The molecule has 0 radical (unpaired) electrons. The van der Waals surface area contributed by atoms with Crippen molar-refractivity contribution in [3.8, 4) is 0 Å². The molecule has 2 nitrogen and oxygen atoms in total. The smallest absolute Gasteiger partial charge is 0.0195 e. The van der Waals surface area contributed by atoms with Crippen LogP contribution in [0.4, 0.5) is 0 Å². The Morgan fingerprint density at radius 1 is 1.11 bits per heavy atom. The highest BCUT2D eigenvalue weighted by molar-refractivity contribution is 4.89. The highest BCUT2D eigenvalue weighted by Crippen LogP contribution is 2.37. The zero-order valence-electron chi connectivity index (χ0n) is 12.5. The Morgan fingerprint density at radius 2 is 1.89 bits per heavy atom. The van der Waals surface area contributed by atoms with Crippen LogP contribution in [0.3, 0.4) is 0 Å². The second kappa shape index (κ2) is 6.91. The van der Waals surface area contributed by atoms with Gasteiger partial charge in [0, 0.05) is 19.1 Å². The number of likely N-dealkylation sites (tertiary alicyclic amines) is 1. The fourth-order valence-corrected chi connectivity index (χ4v) is 3.76. The molecule has 2 fully saturated rings. The molecular formula is C16H32N2. The lowest BCUT2D eigenvalue weighted by Crippen LogP contribution is -2.42. The van der Waals surface area contributed by atoms with E-state index in [1.165, 1.54) is 77.5 Å². The SMILES string of the molecule is CCC1(CC)CCN(CC2CCCCCCN2)C1. The molecule has 2 rings (SSSR count). The van der Waals surface area contributed by atoms with Crippen molar-refractivity contribution >= 4 is 0 Å². The molecule has 0 amide bonds. The van der Waals surface area contributed by atoms with Gasteiger partial charge in [-0.2, -0.15) is 0 Å². The highest BCUT2D eigenvalue weighted by Gasteiger charge is 2.35. The molecule has 0 aromatic carbocycles. The van der Waals surface area contributed by atoms with Crippen LogP contribution in [0.5, 0.6) is 0 Å². The third kappa shape index (κ3) is 3.71. The van der Waals surface area contributed by atoms with E-state index in [1.54, 1.807) is 0 Å². The number of hydrogen-bond acceptors (Lipinski definition) is 2. The van der Waals surface area contributed by atoms with E-state index in [0.717, 1.165) is 6.04 Å². The van der Waals surface area contributed by atoms with Gasteiger partial charge in [0.05, 0.1) is 0 Å². The van der Waals surface area contributed by atoms with Crippen molar-refractivity contribution in [3.63, 3.8) is 0 Å². The molecule has 0 saturated carbocycles. The summed E-state index contributed by atoms with van der Waals surface area (Å²) < 4.78 is 0. The average molecular weight is 252 g/mol. The molecule has 2 aliphatic rings. The zero-order chi connectivity index (χ0) is 12.8. The first-order valence-electron chi connectivity index (χ1n) is 8.24. The van der Waals surface area contributed by atoms with Crippen LogP contribution < -0.4 is 5.32 Å².